The van der Waals surface area contributed by atoms with Crippen molar-refractivity contribution < 1.29 is 18.5 Å². The van der Waals surface area contributed by atoms with Crippen LogP contribution in [0.3, 0.4) is 0 Å². The predicted octanol–water partition coefficient (Wildman–Crippen LogP) is 5.24. The molecule has 0 aliphatic carbocycles. The molecule has 0 radical (unpaired) electrons. The van der Waals surface area contributed by atoms with Crippen LogP contribution >= 0.6 is 11.3 Å². The molecule has 3 aromatic heterocycles. The summed E-state index contributed by atoms with van der Waals surface area (Å²) in [6, 6.07) is 16.0. The van der Waals surface area contributed by atoms with Gasteiger partial charge in [-0.1, -0.05) is 41.6 Å². The molecule has 0 saturated carbocycles. The molecule has 8 heteroatoms. The Balaban J connectivity index is 1.46. The molecule has 5 aromatic rings. The first kappa shape index (κ1) is 19.9. The zero-order chi connectivity index (χ0) is 22.1. The number of hydrogen-bond acceptors (Lipinski definition) is 8. The number of fused-ring (bicyclic) bond motifs is 1. The molecule has 0 amide bonds. The molecule has 3 heterocycles. The van der Waals surface area contributed by atoms with Gasteiger partial charge in [0.05, 0.1) is 5.39 Å². The maximum Gasteiger partial charge on any atom is 0.342 e. The highest BCUT2D eigenvalue weighted by Crippen LogP contribution is 2.28. The summed E-state index contributed by atoms with van der Waals surface area (Å²) >= 11 is 1.52. The van der Waals surface area contributed by atoms with Crippen molar-refractivity contribution in [1.82, 2.24) is 10.1 Å². The van der Waals surface area contributed by atoms with Crippen molar-refractivity contribution in [1.29, 1.82) is 0 Å². The minimum Gasteiger partial charge on any atom is -0.455 e. The Morgan fingerprint density at radius 1 is 1.06 bits per heavy atom. The molecule has 0 aliphatic rings. The Morgan fingerprint density at radius 3 is 2.69 bits per heavy atom. The molecule has 0 atom stereocenters. The average Bonchev–Trinajstić information content (AvgIpc) is 3.52. The maximum atomic E-state index is 12.9. The highest BCUT2D eigenvalue weighted by Gasteiger charge is 2.20. The van der Waals surface area contributed by atoms with Gasteiger partial charge in [-0.3, -0.25) is 4.79 Å². The molecule has 0 saturated heterocycles. The van der Waals surface area contributed by atoms with E-state index in [0.29, 0.717) is 22.5 Å². The van der Waals surface area contributed by atoms with E-state index in [4.69, 9.17) is 13.7 Å². The minimum atomic E-state index is -0.656. The third kappa shape index (κ3) is 3.61. The molecule has 0 unspecified atom stereocenters. The first-order chi connectivity index (χ1) is 15.6. The van der Waals surface area contributed by atoms with Gasteiger partial charge in [-0.15, -0.1) is 0 Å². The number of thiophene rings is 1. The lowest BCUT2D eigenvalue weighted by Gasteiger charge is -2.10. The predicted molar refractivity (Wildman–Crippen MR) is 119 cm³/mol. The van der Waals surface area contributed by atoms with E-state index in [-0.39, 0.29) is 29.1 Å². The normalized spacial score (nSPS) is 11.0. The standard InChI is InChI=1S/C24H16N2O5S/c1-14-20(27)17-8-5-9-18(22(17)30-21(14)15-6-3-2-4-7-15)24(28)29-12-19-25-23(26-31-19)16-10-11-32-13-16/h2-11,13H,12H2,1H3. The van der Waals surface area contributed by atoms with Crippen molar-refractivity contribution in [3.8, 4) is 22.7 Å². The molecular weight excluding hydrogens is 428 g/mol. The summed E-state index contributed by atoms with van der Waals surface area (Å²) in [7, 11) is 0. The molecular formula is C24H16N2O5S. The SMILES string of the molecule is Cc1c(-c2ccccc2)oc2c(C(=O)OCc3nc(-c4ccsc4)no3)cccc2c1=O. The highest BCUT2D eigenvalue weighted by molar-refractivity contribution is 7.08. The minimum absolute atomic E-state index is 0.148. The number of benzene rings is 2. The second kappa shape index (κ2) is 8.24. The molecule has 0 bridgehead atoms. The number of nitrogens with zero attached hydrogens (tertiary/aromatic N) is 2. The van der Waals surface area contributed by atoms with Crippen molar-refractivity contribution in [3.05, 3.63) is 92.6 Å². The van der Waals surface area contributed by atoms with Gasteiger partial charge < -0.3 is 13.7 Å². The van der Waals surface area contributed by atoms with Gasteiger partial charge >= 0.3 is 5.97 Å². The van der Waals surface area contributed by atoms with Gasteiger partial charge in [-0.05, 0) is 30.5 Å². The molecule has 5 rings (SSSR count). The number of carbonyl (C=O) groups is 1. The number of esters is 1. The van der Waals surface area contributed by atoms with Crippen LogP contribution < -0.4 is 5.43 Å². The monoisotopic (exact) mass is 444 g/mol. The summed E-state index contributed by atoms with van der Waals surface area (Å²) in [6.45, 7) is 1.51. The Kier molecular flexibility index (Phi) is 5.12. The lowest BCUT2D eigenvalue weighted by molar-refractivity contribution is 0.0431. The largest absolute Gasteiger partial charge is 0.455 e. The maximum absolute atomic E-state index is 12.9. The van der Waals surface area contributed by atoms with E-state index in [1.54, 1.807) is 25.1 Å². The molecule has 158 valence electrons. The molecule has 2 aromatic carbocycles. The van der Waals surface area contributed by atoms with E-state index in [1.807, 2.05) is 47.2 Å². The van der Waals surface area contributed by atoms with Crippen LogP contribution in [0.25, 0.3) is 33.7 Å². The number of hydrogen-bond donors (Lipinski definition) is 0. The van der Waals surface area contributed by atoms with Crippen LogP contribution in [-0.4, -0.2) is 16.1 Å². The van der Waals surface area contributed by atoms with Crippen LogP contribution in [0.2, 0.25) is 0 Å². The smallest absolute Gasteiger partial charge is 0.342 e. The second-order valence-corrected chi connectivity index (χ2v) is 7.81. The van der Waals surface area contributed by atoms with E-state index in [2.05, 4.69) is 10.1 Å². The molecule has 0 N–H and O–H groups in total. The Hall–Kier alpha value is -4.04. The quantitative estimate of drug-likeness (QED) is 0.342. The first-order valence-corrected chi connectivity index (χ1v) is 10.7. The molecule has 0 spiro atoms. The van der Waals surface area contributed by atoms with Crippen LogP contribution in [-0.2, 0) is 11.3 Å². The van der Waals surface area contributed by atoms with Gasteiger partial charge in [0.25, 0.3) is 5.89 Å². The van der Waals surface area contributed by atoms with Gasteiger partial charge in [0, 0.05) is 22.1 Å². The van der Waals surface area contributed by atoms with E-state index in [0.717, 1.165) is 11.1 Å². The van der Waals surface area contributed by atoms with E-state index < -0.39 is 5.97 Å². The molecule has 32 heavy (non-hydrogen) atoms. The molecule has 0 aliphatic heterocycles. The summed E-state index contributed by atoms with van der Waals surface area (Å²) in [4.78, 5) is 30.0. The van der Waals surface area contributed by atoms with Gasteiger partial charge in [0.1, 0.15) is 11.3 Å². The van der Waals surface area contributed by atoms with Crippen molar-refractivity contribution in [2.24, 2.45) is 0 Å². The summed E-state index contributed by atoms with van der Waals surface area (Å²) in [5.41, 5.74) is 2.18. The lowest BCUT2D eigenvalue weighted by Crippen LogP contribution is -2.11. The van der Waals surface area contributed by atoms with E-state index >= 15 is 0 Å². The fourth-order valence-electron chi connectivity index (χ4n) is 3.36. The number of carbonyl (C=O) groups excluding carboxylic acids is 1. The number of rotatable bonds is 5. The van der Waals surface area contributed by atoms with Crippen molar-refractivity contribution in [3.63, 3.8) is 0 Å². The van der Waals surface area contributed by atoms with Crippen LogP contribution in [0, 0.1) is 6.92 Å². The summed E-state index contributed by atoms with van der Waals surface area (Å²) < 4.78 is 16.6. The number of aromatic nitrogens is 2. The van der Waals surface area contributed by atoms with Crippen LogP contribution in [0.15, 0.2) is 79.1 Å². The third-order valence-electron chi connectivity index (χ3n) is 4.98. The van der Waals surface area contributed by atoms with Crippen molar-refractivity contribution >= 4 is 28.3 Å². The van der Waals surface area contributed by atoms with Crippen molar-refractivity contribution in [2.45, 2.75) is 13.5 Å². The fraction of sp³-hybridized carbons (Fsp3) is 0.0833. The highest BCUT2D eigenvalue weighted by atomic mass is 32.1. The van der Waals surface area contributed by atoms with Gasteiger partial charge in [-0.25, -0.2) is 4.79 Å². The molecule has 7 nitrogen and oxygen atoms in total. The lowest BCUT2D eigenvalue weighted by atomic mass is 10.0. The Labute approximate surface area is 185 Å². The summed E-state index contributed by atoms with van der Waals surface area (Å²) in [6.07, 6.45) is 0. The van der Waals surface area contributed by atoms with Crippen molar-refractivity contribution in [2.75, 3.05) is 0 Å². The van der Waals surface area contributed by atoms with Gasteiger partial charge in [0.2, 0.25) is 5.82 Å². The topological polar surface area (TPSA) is 95.4 Å². The van der Waals surface area contributed by atoms with Gasteiger partial charge in [-0.2, -0.15) is 16.3 Å². The van der Waals surface area contributed by atoms with Crippen LogP contribution in [0.4, 0.5) is 0 Å². The van der Waals surface area contributed by atoms with Gasteiger partial charge in [0.15, 0.2) is 17.6 Å². The summed E-state index contributed by atoms with van der Waals surface area (Å²) in [5, 5.41) is 8.01. The molecule has 0 fully saturated rings. The zero-order valence-corrected chi connectivity index (χ0v) is 17.7. The van der Waals surface area contributed by atoms with Crippen LogP contribution in [0.1, 0.15) is 21.8 Å². The van der Waals surface area contributed by atoms with E-state index in [1.165, 1.54) is 11.3 Å². The first-order valence-electron chi connectivity index (χ1n) is 9.76. The second-order valence-electron chi connectivity index (χ2n) is 7.03. The third-order valence-corrected chi connectivity index (χ3v) is 5.66. The van der Waals surface area contributed by atoms with E-state index in [9.17, 15) is 9.59 Å². The summed E-state index contributed by atoms with van der Waals surface area (Å²) in [5.74, 6) is 0.357. The van der Waals surface area contributed by atoms with Crippen LogP contribution in [0.5, 0.6) is 0 Å². The number of para-hydroxylation sites is 1. The Morgan fingerprint density at radius 2 is 1.91 bits per heavy atom. The number of ether oxygens (including phenoxy) is 1. The Bertz CT molecular complexity index is 1470. The zero-order valence-electron chi connectivity index (χ0n) is 16.9. The fourth-order valence-corrected chi connectivity index (χ4v) is 4.00. The average molecular weight is 444 g/mol.